The molecule has 3 rings (SSSR count). The van der Waals surface area contributed by atoms with Crippen molar-refractivity contribution in [2.45, 2.75) is 25.8 Å². The maximum atomic E-state index is 13.6. The van der Waals surface area contributed by atoms with E-state index in [1.165, 1.54) is 25.3 Å². The smallest absolute Gasteiger partial charge is 0.201 e. The van der Waals surface area contributed by atoms with E-state index in [9.17, 15) is 4.39 Å². The maximum absolute atomic E-state index is 13.6. The molecular formula is C14H19FN4. The van der Waals surface area contributed by atoms with Crippen molar-refractivity contribution in [2.75, 3.05) is 25.4 Å². The van der Waals surface area contributed by atoms with E-state index in [2.05, 4.69) is 9.88 Å². The van der Waals surface area contributed by atoms with Crippen LogP contribution in [0.3, 0.4) is 0 Å². The summed E-state index contributed by atoms with van der Waals surface area (Å²) in [6.07, 6.45) is 3.88. The first-order chi connectivity index (χ1) is 9.25. The van der Waals surface area contributed by atoms with E-state index in [4.69, 9.17) is 5.73 Å². The Morgan fingerprint density at radius 1 is 1.16 bits per heavy atom. The lowest BCUT2D eigenvalue weighted by Crippen LogP contribution is -2.32. The summed E-state index contributed by atoms with van der Waals surface area (Å²) in [4.78, 5) is 6.56. The third-order valence-corrected chi connectivity index (χ3v) is 3.85. The van der Waals surface area contributed by atoms with Crippen molar-refractivity contribution >= 4 is 17.0 Å². The summed E-state index contributed by atoms with van der Waals surface area (Å²) < 4.78 is 15.5. The molecule has 4 nitrogen and oxygen atoms in total. The van der Waals surface area contributed by atoms with Crippen molar-refractivity contribution in [1.82, 2.24) is 14.5 Å². The monoisotopic (exact) mass is 262 g/mol. The van der Waals surface area contributed by atoms with Crippen molar-refractivity contribution < 1.29 is 4.39 Å². The standard InChI is InChI=1S/C14H19FN4/c15-11-5-4-6-12-13(11)17-14(16)19(12)10-9-18-7-2-1-3-8-18/h4-6H,1-3,7-10H2,(H2,16,17). The number of nitrogen functional groups attached to an aromatic ring is 1. The van der Waals surface area contributed by atoms with Gasteiger partial charge >= 0.3 is 0 Å². The fourth-order valence-corrected chi connectivity index (χ4v) is 2.79. The van der Waals surface area contributed by atoms with Crippen LogP contribution in [0.1, 0.15) is 19.3 Å². The van der Waals surface area contributed by atoms with E-state index in [-0.39, 0.29) is 5.82 Å². The van der Waals surface area contributed by atoms with Gasteiger partial charge in [0.15, 0.2) is 5.82 Å². The molecule has 1 aromatic heterocycles. The van der Waals surface area contributed by atoms with Crippen LogP contribution >= 0.6 is 0 Å². The number of fused-ring (bicyclic) bond motifs is 1. The van der Waals surface area contributed by atoms with E-state index in [1.54, 1.807) is 6.07 Å². The molecule has 1 aliphatic rings. The van der Waals surface area contributed by atoms with Gasteiger partial charge in [-0.1, -0.05) is 12.5 Å². The van der Waals surface area contributed by atoms with Crippen LogP contribution in [0.15, 0.2) is 18.2 Å². The number of imidazole rings is 1. The largest absolute Gasteiger partial charge is 0.369 e. The van der Waals surface area contributed by atoms with Gasteiger partial charge in [0.1, 0.15) is 5.52 Å². The van der Waals surface area contributed by atoms with Gasteiger partial charge in [0.05, 0.1) is 5.52 Å². The highest BCUT2D eigenvalue weighted by atomic mass is 19.1. The summed E-state index contributed by atoms with van der Waals surface area (Å²) in [6, 6.07) is 5.00. The lowest BCUT2D eigenvalue weighted by molar-refractivity contribution is 0.222. The average Bonchev–Trinajstić information content (AvgIpc) is 2.75. The minimum atomic E-state index is -0.305. The number of hydrogen-bond donors (Lipinski definition) is 1. The molecule has 19 heavy (non-hydrogen) atoms. The maximum Gasteiger partial charge on any atom is 0.201 e. The molecule has 2 aromatic rings. The van der Waals surface area contributed by atoms with Gasteiger partial charge in [0.25, 0.3) is 0 Å². The first-order valence-electron chi connectivity index (χ1n) is 6.88. The Morgan fingerprint density at radius 3 is 2.74 bits per heavy atom. The SMILES string of the molecule is Nc1nc2c(F)cccc2n1CCN1CCCCC1. The number of nitrogens with zero attached hydrogens (tertiary/aromatic N) is 3. The Morgan fingerprint density at radius 2 is 1.95 bits per heavy atom. The number of para-hydroxylation sites is 1. The van der Waals surface area contributed by atoms with Crippen LogP contribution in [0, 0.1) is 5.82 Å². The Balaban J connectivity index is 1.80. The third kappa shape index (κ3) is 2.42. The zero-order chi connectivity index (χ0) is 13.2. The number of likely N-dealkylation sites (tertiary alicyclic amines) is 1. The fraction of sp³-hybridized carbons (Fsp3) is 0.500. The lowest BCUT2D eigenvalue weighted by atomic mass is 10.1. The highest BCUT2D eigenvalue weighted by molar-refractivity contribution is 5.78. The number of anilines is 1. The highest BCUT2D eigenvalue weighted by Gasteiger charge is 2.14. The molecule has 1 aliphatic heterocycles. The average molecular weight is 262 g/mol. The zero-order valence-corrected chi connectivity index (χ0v) is 11.0. The van der Waals surface area contributed by atoms with Crippen LogP contribution in [0.5, 0.6) is 0 Å². The highest BCUT2D eigenvalue weighted by Crippen LogP contribution is 2.20. The number of aromatic nitrogens is 2. The van der Waals surface area contributed by atoms with Crippen LogP contribution in [0.25, 0.3) is 11.0 Å². The fourth-order valence-electron chi connectivity index (χ4n) is 2.79. The molecule has 1 fully saturated rings. The molecule has 0 saturated carbocycles. The minimum absolute atomic E-state index is 0.305. The Labute approximate surface area is 112 Å². The van der Waals surface area contributed by atoms with Gasteiger partial charge in [0.2, 0.25) is 5.95 Å². The van der Waals surface area contributed by atoms with Crippen molar-refractivity contribution in [1.29, 1.82) is 0 Å². The predicted octanol–water partition coefficient (Wildman–Crippen LogP) is 2.24. The normalized spacial score (nSPS) is 17.1. The van der Waals surface area contributed by atoms with E-state index >= 15 is 0 Å². The Hall–Kier alpha value is -1.62. The first kappa shape index (κ1) is 12.4. The van der Waals surface area contributed by atoms with E-state index in [0.29, 0.717) is 11.5 Å². The van der Waals surface area contributed by atoms with Crippen LogP contribution in [0.2, 0.25) is 0 Å². The Kier molecular flexibility index (Phi) is 3.38. The molecular weight excluding hydrogens is 243 g/mol. The number of benzene rings is 1. The molecule has 0 radical (unpaired) electrons. The summed E-state index contributed by atoms with van der Waals surface area (Å²) in [5.41, 5.74) is 7.06. The second-order valence-electron chi connectivity index (χ2n) is 5.13. The van der Waals surface area contributed by atoms with Gasteiger partial charge < -0.3 is 15.2 Å². The third-order valence-electron chi connectivity index (χ3n) is 3.85. The van der Waals surface area contributed by atoms with E-state index in [1.807, 2.05) is 10.6 Å². The van der Waals surface area contributed by atoms with Crippen LogP contribution in [-0.2, 0) is 6.54 Å². The van der Waals surface area contributed by atoms with Crippen molar-refractivity contribution in [3.8, 4) is 0 Å². The zero-order valence-electron chi connectivity index (χ0n) is 11.0. The first-order valence-corrected chi connectivity index (χ1v) is 6.88. The van der Waals surface area contributed by atoms with Gasteiger partial charge in [-0.2, -0.15) is 0 Å². The molecule has 0 bridgehead atoms. The summed E-state index contributed by atoms with van der Waals surface area (Å²) in [7, 11) is 0. The van der Waals surface area contributed by atoms with Crippen molar-refractivity contribution in [2.24, 2.45) is 0 Å². The quantitative estimate of drug-likeness (QED) is 0.922. The van der Waals surface area contributed by atoms with Gasteiger partial charge in [-0.15, -0.1) is 0 Å². The molecule has 0 spiro atoms. The molecule has 102 valence electrons. The topological polar surface area (TPSA) is 47.1 Å². The number of piperidine rings is 1. The molecule has 0 amide bonds. The minimum Gasteiger partial charge on any atom is -0.369 e. The van der Waals surface area contributed by atoms with Crippen LogP contribution in [0.4, 0.5) is 10.3 Å². The second-order valence-corrected chi connectivity index (χ2v) is 5.13. The van der Waals surface area contributed by atoms with Gasteiger partial charge in [-0.05, 0) is 38.1 Å². The van der Waals surface area contributed by atoms with Gasteiger partial charge in [-0.25, -0.2) is 9.37 Å². The molecule has 2 heterocycles. The van der Waals surface area contributed by atoms with Gasteiger partial charge in [0, 0.05) is 13.1 Å². The van der Waals surface area contributed by atoms with Crippen molar-refractivity contribution in [3.05, 3.63) is 24.0 Å². The van der Waals surface area contributed by atoms with Crippen molar-refractivity contribution in [3.63, 3.8) is 0 Å². The van der Waals surface area contributed by atoms with Crippen LogP contribution < -0.4 is 5.73 Å². The number of nitrogens with two attached hydrogens (primary N) is 1. The number of hydrogen-bond acceptors (Lipinski definition) is 3. The molecule has 1 saturated heterocycles. The summed E-state index contributed by atoms with van der Waals surface area (Å²) in [5, 5.41) is 0. The molecule has 5 heteroatoms. The van der Waals surface area contributed by atoms with Crippen LogP contribution in [-0.4, -0.2) is 34.1 Å². The summed E-state index contributed by atoms with van der Waals surface area (Å²) >= 11 is 0. The molecule has 0 atom stereocenters. The predicted molar refractivity (Wildman–Crippen MR) is 74.4 cm³/mol. The summed E-state index contributed by atoms with van der Waals surface area (Å²) in [6.45, 7) is 4.03. The number of halogens is 1. The lowest BCUT2D eigenvalue weighted by Gasteiger charge is -2.26. The van der Waals surface area contributed by atoms with Gasteiger partial charge in [-0.3, -0.25) is 0 Å². The van der Waals surface area contributed by atoms with E-state index in [0.717, 1.165) is 31.7 Å². The number of rotatable bonds is 3. The van der Waals surface area contributed by atoms with E-state index < -0.39 is 0 Å². The molecule has 0 unspecified atom stereocenters. The molecule has 2 N–H and O–H groups in total. The summed E-state index contributed by atoms with van der Waals surface area (Å²) in [5.74, 6) is 0.0954. The second kappa shape index (κ2) is 5.17. The molecule has 1 aromatic carbocycles. The molecule has 0 aliphatic carbocycles. The Bertz CT molecular complexity index is 572.